The van der Waals surface area contributed by atoms with E-state index < -0.39 is 11.7 Å². The van der Waals surface area contributed by atoms with Crippen molar-refractivity contribution < 1.29 is 9.53 Å². The highest BCUT2D eigenvalue weighted by atomic mass is 127. The highest BCUT2D eigenvalue weighted by Crippen LogP contribution is 2.24. The lowest BCUT2D eigenvalue weighted by Gasteiger charge is -2.19. The summed E-state index contributed by atoms with van der Waals surface area (Å²) in [6.07, 6.45) is 1.32. The summed E-state index contributed by atoms with van der Waals surface area (Å²) < 4.78 is 11.5. The second-order valence-electron chi connectivity index (χ2n) is 4.25. The number of halogens is 1. The second-order valence-corrected chi connectivity index (χ2v) is 6.15. The third kappa shape index (κ3) is 2.19. The van der Waals surface area contributed by atoms with Crippen LogP contribution in [0.4, 0.5) is 4.79 Å². The first-order valence-corrected chi connectivity index (χ1v) is 6.46. The molecular weight excluding hydrogens is 341 g/mol. The van der Waals surface area contributed by atoms with Crippen LogP contribution in [0.2, 0.25) is 0 Å². The molecule has 2 rings (SSSR count). The van der Waals surface area contributed by atoms with Crippen LogP contribution in [0.3, 0.4) is 0 Å². The zero-order chi connectivity index (χ0) is 11.9. The van der Waals surface area contributed by atoms with Crippen molar-refractivity contribution in [2.45, 2.75) is 26.4 Å². The Bertz CT molecular complexity index is 540. The van der Waals surface area contributed by atoms with Crippen molar-refractivity contribution in [3.63, 3.8) is 0 Å². The number of ether oxygens (including phenoxy) is 1. The number of aromatic nitrogens is 3. The predicted octanol–water partition coefficient (Wildman–Crippen LogP) is 2.88. The van der Waals surface area contributed by atoms with E-state index in [0.717, 1.165) is 13.9 Å². The minimum absolute atomic E-state index is 0.397. The summed E-state index contributed by atoms with van der Waals surface area (Å²) in [5.74, 6) is 0. The molecule has 0 N–H and O–H groups in total. The number of nitrogens with zero attached hydrogens (tertiary/aromatic N) is 3. The molecule has 16 heavy (non-hydrogen) atoms. The molecule has 0 amide bonds. The van der Waals surface area contributed by atoms with Crippen LogP contribution < -0.4 is 0 Å². The van der Waals surface area contributed by atoms with Gasteiger partial charge in [0.1, 0.15) is 11.1 Å². The van der Waals surface area contributed by atoms with Crippen molar-refractivity contribution in [2.24, 2.45) is 0 Å². The standard InChI is InChI=1S/C9H10IN3O2S/c1-9(2,3)15-8(14)13-4-5(10)6-7(13)16-12-11-6/h4H,1-3H3. The van der Waals surface area contributed by atoms with Gasteiger partial charge in [-0.3, -0.25) is 0 Å². The van der Waals surface area contributed by atoms with Crippen LogP contribution in [0, 0.1) is 3.57 Å². The van der Waals surface area contributed by atoms with Gasteiger partial charge < -0.3 is 4.74 Å². The molecule has 0 saturated carbocycles. The summed E-state index contributed by atoms with van der Waals surface area (Å²) in [4.78, 5) is 12.6. The van der Waals surface area contributed by atoms with E-state index in [4.69, 9.17) is 4.74 Å². The van der Waals surface area contributed by atoms with Crippen LogP contribution in [0.1, 0.15) is 20.8 Å². The lowest BCUT2D eigenvalue weighted by atomic mass is 10.2. The van der Waals surface area contributed by atoms with Crippen LogP contribution in [0.5, 0.6) is 0 Å². The van der Waals surface area contributed by atoms with Crippen LogP contribution in [0.25, 0.3) is 10.3 Å². The summed E-state index contributed by atoms with van der Waals surface area (Å²) in [5, 5.41) is 3.95. The maximum Gasteiger partial charge on any atom is 0.419 e. The predicted molar refractivity (Wildman–Crippen MR) is 69.8 cm³/mol. The fourth-order valence-corrected chi connectivity index (χ4v) is 2.65. The average molecular weight is 351 g/mol. The number of hydrogen-bond donors (Lipinski definition) is 0. The molecule has 0 aliphatic rings. The first-order chi connectivity index (χ1) is 7.38. The Labute approximate surface area is 110 Å². The Morgan fingerprint density at radius 3 is 2.88 bits per heavy atom. The Morgan fingerprint density at radius 2 is 2.25 bits per heavy atom. The van der Waals surface area contributed by atoms with Crippen molar-refractivity contribution >= 4 is 50.6 Å². The fraction of sp³-hybridized carbons (Fsp3) is 0.444. The van der Waals surface area contributed by atoms with E-state index in [9.17, 15) is 4.79 Å². The Kier molecular flexibility index (Phi) is 2.91. The van der Waals surface area contributed by atoms with E-state index in [2.05, 4.69) is 32.2 Å². The topological polar surface area (TPSA) is 57.0 Å². The normalized spacial score (nSPS) is 12.0. The molecule has 0 aliphatic carbocycles. The molecule has 0 spiro atoms. The molecule has 0 bridgehead atoms. The van der Waals surface area contributed by atoms with Gasteiger partial charge in [-0.25, -0.2) is 9.36 Å². The first kappa shape index (κ1) is 11.8. The smallest absolute Gasteiger partial charge is 0.419 e. The molecule has 0 saturated heterocycles. The van der Waals surface area contributed by atoms with Gasteiger partial charge in [0.15, 0.2) is 4.83 Å². The molecule has 0 aliphatic heterocycles. The van der Waals surface area contributed by atoms with Gasteiger partial charge in [0.05, 0.1) is 3.57 Å². The lowest BCUT2D eigenvalue weighted by Crippen LogP contribution is -2.26. The summed E-state index contributed by atoms with van der Waals surface area (Å²) in [5.41, 5.74) is 0.244. The maximum absolute atomic E-state index is 11.9. The summed E-state index contributed by atoms with van der Waals surface area (Å²) >= 11 is 3.31. The van der Waals surface area contributed by atoms with Gasteiger partial charge in [-0.15, -0.1) is 5.10 Å². The minimum Gasteiger partial charge on any atom is -0.443 e. The molecule has 7 heteroatoms. The third-order valence-electron chi connectivity index (χ3n) is 1.75. The van der Waals surface area contributed by atoms with E-state index in [1.807, 2.05) is 20.8 Å². The van der Waals surface area contributed by atoms with Gasteiger partial charge in [-0.1, -0.05) is 4.49 Å². The summed E-state index contributed by atoms with van der Waals surface area (Å²) in [7, 11) is 0. The lowest BCUT2D eigenvalue weighted by molar-refractivity contribution is 0.0545. The average Bonchev–Trinajstić information content (AvgIpc) is 2.66. The maximum atomic E-state index is 11.9. The molecular formula is C9H10IN3O2S. The number of carbonyl (C=O) groups is 1. The van der Waals surface area contributed by atoms with Gasteiger partial charge >= 0.3 is 6.09 Å². The number of rotatable bonds is 0. The third-order valence-corrected chi connectivity index (χ3v) is 3.26. The van der Waals surface area contributed by atoms with Gasteiger partial charge in [0, 0.05) is 17.7 Å². The molecule has 2 aromatic heterocycles. The Morgan fingerprint density at radius 1 is 1.56 bits per heavy atom. The zero-order valence-electron chi connectivity index (χ0n) is 9.02. The van der Waals surface area contributed by atoms with Crippen molar-refractivity contribution in [3.05, 3.63) is 9.77 Å². The van der Waals surface area contributed by atoms with E-state index >= 15 is 0 Å². The number of fused-ring (bicyclic) bond motifs is 1. The molecule has 0 aromatic carbocycles. The number of hydrogen-bond acceptors (Lipinski definition) is 5. The molecule has 0 unspecified atom stereocenters. The molecule has 0 fully saturated rings. The zero-order valence-corrected chi connectivity index (χ0v) is 12.0. The summed E-state index contributed by atoms with van der Waals surface area (Å²) in [6, 6.07) is 0. The van der Waals surface area contributed by atoms with Crippen molar-refractivity contribution in [1.82, 2.24) is 14.2 Å². The van der Waals surface area contributed by atoms with Crippen molar-refractivity contribution in [1.29, 1.82) is 0 Å². The Balaban J connectivity index is 2.40. The molecule has 86 valence electrons. The van der Waals surface area contributed by atoms with E-state index in [1.54, 1.807) is 6.20 Å². The second kappa shape index (κ2) is 3.95. The molecule has 0 atom stereocenters. The molecule has 2 heterocycles. The SMILES string of the molecule is CC(C)(C)OC(=O)n1cc(I)c2nnsc21. The van der Waals surface area contributed by atoms with E-state index in [1.165, 1.54) is 16.1 Å². The van der Waals surface area contributed by atoms with Gasteiger partial charge in [-0.05, 0) is 43.4 Å². The molecule has 5 nitrogen and oxygen atoms in total. The summed E-state index contributed by atoms with van der Waals surface area (Å²) in [6.45, 7) is 5.50. The van der Waals surface area contributed by atoms with Gasteiger partial charge in [0.2, 0.25) is 0 Å². The molecule has 2 aromatic rings. The number of carbonyl (C=O) groups excluding carboxylic acids is 1. The van der Waals surface area contributed by atoms with Gasteiger partial charge in [-0.2, -0.15) is 0 Å². The molecule has 0 radical (unpaired) electrons. The van der Waals surface area contributed by atoms with E-state index in [0.29, 0.717) is 0 Å². The quantitative estimate of drug-likeness (QED) is 0.685. The first-order valence-electron chi connectivity index (χ1n) is 4.61. The van der Waals surface area contributed by atoms with Crippen LogP contribution in [-0.2, 0) is 4.74 Å². The van der Waals surface area contributed by atoms with Crippen LogP contribution >= 0.6 is 34.1 Å². The van der Waals surface area contributed by atoms with Crippen LogP contribution in [-0.4, -0.2) is 25.8 Å². The minimum atomic E-state index is -0.503. The van der Waals surface area contributed by atoms with E-state index in [-0.39, 0.29) is 0 Å². The monoisotopic (exact) mass is 351 g/mol. The van der Waals surface area contributed by atoms with Crippen LogP contribution in [0.15, 0.2) is 6.20 Å². The van der Waals surface area contributed by atoms with Gasteiger partial charge in [0.25, 0.3) is 0 Å². The Hall–Kier alpha value is -0.700. The van der Waals surface area contributed by atoms with Crippen molar-refractivity contribution in [2.75, 3.05) is 0 Å². The highest BCUT2D eigenvalue weighted by Gasteiger charge is 2.21. The largest absolute Gasteiger partial charge is 0.443 e. The highest BCUT2D eigenvalue weighted by molar-refractivity contribution is 14.1. The fourth-order valence-electron chi connectivity index (χ4n) is 1.17. The van der Waals surface area contributed by atoms with Crippen molar-refractivity contribution in [3.8, 4) is 0 Å².